The molecular formula is C12H19N3O. The van der Waals surface area contributed by atoms with Crippen LogP contribution in [0.25, 0.3) is 0 Å². The molecule has 1 heterocycles. The van der Waals surface area contributed by atoms with E-state index in [-0.39, 0.29) is 12.1 Å². The SMILES string of the molecule is CCC(c1ccncc1)N(CC)C(=O)NC. The molecule has 0 saturated heterocycles. The fourth-order valence-electron chi connectivity index (χ4n) is 1.87. The minimum Gasteiger partial charge on any atom is -0.341 e. The molecule has 0 fully saturated rings. The Morgan fingerprint density at radius 3 is 2.50 bits per heavy atom. The predicted octanol–water partition coefficient (Wildman–Crippen LogP) is 2.19. The number of urea groups is 1. The highest BCUT2D eigenvalue weighted by Gasteiger charge is 2.21. The smallest absolute Gasteiger partial charge is 0.317 e. The van der Waals surface area contributed by atoms with Gasteiger partial charge in [-0.2, -0.15) is 0 Å². The molecule has 88 valence electrons. The Bertz CT molecular complexity index is 326. The molecule has 0 aliphatic heterocycles. The molecule has 4 nitrogen and oxygen atoms in total. The number of nitrogens with zero attached hydrogens (tertiary/aromatic N) is 2. The second-order valence-corrected chi connectivity index (χ2v) is 3.55. The Hall–Kier alpha value is -1.58. The van der Waals surface area contributed by atoms with Crippen molar-refractivity contribution in [1.29, 1.82) is 0 Å². The summed E-state index contributed by atoms with van der Waals surface area (Å²) in [4.78, 5) is 17.5. The first kappa shape index (κ1) is 12.5. The summed E-state index contributed by atoms with van der Waals surface area (Å²) < 4.78 is 0. The van der Waals surface area contributed by atoms with Crippen molar-refractivity contribution >= 4 is 6.03 Å². The molecule has 1 N–H and O–H groups in total. The zero-order chi connectivity index (χ0) is 12.0. The van der Waals surface area contributed by atoms with Gasteiger partial charge in [-0.15, -0.1) is 0 Å². The van der Waals surface area contributed by atoms with E-state index in [1.807, 2.05) is 24.0 Å². The average molecular weight is 221 g/mol. The summed E-state index contributed by atoms with van der Waals surface area (Å²) in [5.41, 5.74) is 1.13. The van der Waals surface area contributed by atoms with E-state index in [0.717, 1.165) is 12.0 Å². The molecule has 0 spiro atoms. The van der Waals surface area contributed by atoms with Crippen LogP contribution in [0.15, 0.2) is 24.5 Å². The summed E-state index contributed by atoms with van der Waals surface area (Å²) in [6.07, 6.45) is 4.41. The normalized spacial score (nSPS) is 11.9. The van der Waals surface area contributed by atoms with E-state index in [1.165, 1.54) is 0 Å². The molecule has 1 rings (SSSR count). The molecule has 1 aromatic heterocycles. The first-order chi connectivity index (χ1) is 7.74. The fourth-order valence-corrected chi connectivity index (χ4v) is 1.87. The quantitative estimate of drug-likeness (QED) is 0.847. The maximum absolute atomic E-state index is 11.7. The number of amides is 2. The number of hydrogen-bond donors (Lipinski definition) is 1. The summed E-state index contributed by atoms with van der Waals surface area (Å²) in [5, 5.41) is 2.67. The second kappa shape index (κ2) is 6.10. The van der Waals surface area contributed by atoms with Gasteiger partial charge >= 0.3 is 6.03 Å². The standard InChI is InChI=1S/C12H19N3O/c1-4-11(10-6-8-14-9-7-10)15(5-2)12(16)13-3/h6-9,11H,4-5H2,1-3H3,(H,13,16). The van der Waals surface area contributed by atoms with Crippen LogP contribution >= 0.6 is 0 Å². The molecule has 1 aromatic rings. The molecule has 0 bridgehead atoms. The topological polar surface area (TPSA) is 45.2 Å². The van der Waals surface area contributed by atoms with E-state index >= 15 is 0 Å². The van der Waals surface area contributed by atoms with Gasteiger partial charge in [0, 0.05) is 26.0 Å². The van der Waals surface area contributed by atoms with Gasteiger partial charge in [-0.25, -0.2) is 4.79 Å². The molecular weight excluding hydrogens is 202 g/mol. The van der Waals surface area contributed by atoms with Crippen LogP contribution in [0.1, 0.15) is 31.9 Å². The van der Waals surface area contributed by atoms with E-state index in [4.69, 9.17) is 0 Å². The largest absolute Gasteiger partial charge is 0.341 e. The van der Waals surface area contributed by atoms with Gasteiger partial charge in [0.2, 0.25) is 0 Å². The molecule has 2 amide bonds. The van der Waals surface area contributed by atoms with Crippen LogP contribution in [0.5, 0.6) is 0 Å². The lowest BCUT2D eigenvalue weighted by atomic mass is 10.0. The van der Waals surface area contributed by atoms with Gasteiger partial charge < -0.3 is 10.2 Å². The average Bonchev–Trinajstić information content (AvgIpc) is 2.36. The van der Waals surface area contributed by atoms with E-state index in [0.29, 0.717) is 6.54 Å². The van der Waals surface area contributed by atoms with Crippen LogP contribution in [-0.2, 0) is 0 Å². The molecule has 0 saturated carbocycles. The van der Waals surface area contributed by atoms with Crippen molar-refractivity contribution in [1.82, 2.24) is 15.2 Å². The predicted molar refractivity (Wildman–Crippen MR) is 64.1 cm³/mol. The van der Waals surface area contributed by atoms with Gasteiger partial charge in [0.05, 0.1) is 6.04 Å². The Kier molecular flexibility index (Phi) is 4.76. The minimum absolute atomic E-state index is 0.0360. The number of carbonyl (C=O) groups excluding carboxylic acids is 1. The van der Waals surface area contributed by atoms with Crippen LogP contribution in [0.2, 0.25) is 0 Å². The molecule has 0 aliphatic carbocycles. The zero-order valence-electron chi connectivity index (χ0n) is 10.1. The van der Waals surface area contributed by atoms with Crippen LogP contribution < -0.4 is 5.32 Å². The summed E-state index contributed by atoms with van der Waals surface area (Å²) in [6.45, 7) is 4.76. The van der Waals surface area contributed by atoms with E-state index < -0.39 is 0 Å². The van der Waals surface area contributed by atoms with Crippen molar-refractivity contribution in [2.45, 2.75) is 26.3 Å². The zero-order valence-corrected chi connectivity index (χ0v) is 10.1. The lowest BCUT2D eigenvalue weighted by Gasteiger charge is -2.30. The number of aromatic nitrogens is 1. The second-order valence-electron chi connectivity index (χ2n) is 3.55. The minimum atomic E-state index is -0.0360. The summed E-state index contributed by atoms with van der Waals surface area (Å²) >= 11 is 0. The highest BCUT2D eigenvalue weighted by atomic mass is 16.2. The summed E-state index contributed by atoms with van der Waals surface area (Å²) in [6, 6.07) is 4.00. The maximum atomic E-state index is 11.7. The molecule has 0 aliphatic rings. The maximum Gasteiger partial charge on any atom is 0.317 e. The summed E-state index contributed by atoms with van der Waals surface area (Å²) in [7, 11) is 1.66. The van der Waals surface area contributed by atoms with Gasteiger partial charge in [0.25, 0.3) is 0 Å². The van der Waals surface area contributed by atoms with Crippen LogP contribution in [0.3, 0.4) is 0 Å². The van der Waals surface area contributed by atoms with Crippen LogP contribution in [-0.4, -0.2) is 29.5 Å². The van der Waals surface area contributed by atoms with Gasteiger partial charge in [0.1, 0.15) is 0 Å². The van der Waals surface area contributed by atoms with Gasteiger partial charge in [0.15, 0.2) is 0 Å². The van der Waals surface area contributed by atoms with Crippen molar-refractivity contribution in [3.63, 3.8) is 0 Å². The van der Waals surface area contributed by atoms with Crippen LogP contribution in [0.4, 0.5) is 4.79 Å². The lowest BCUT2D eigenvalue weighted by molar-refractivity contribution is 0.178. The third-order valence-electron chi connectivity index (χ3n) is 2.67. The van der Waals surface area contributed by atoms with Crippen molar-refractivity contribution in [3.05, 3.63) is 30.1 Å². The molecule has 1 unspecified atom stereocenters. The van der Waals surface area contributed by atoms with Gasteiger partial charge in [-0.1, -0.05) is 6.92 Å². The highest BCUT2D eigenvalue weighted by Crippen LogP contribution is 2.23. The van der Waals surface area contributed by atoms with Gasteiger partial charge in [-0.3, -0.25) is 4.98 Å². The third kappa shape index (κ3) is 2.72. The number of rotatable bonds is 4. The first-order valence-electron chi connectivity index (χ1n) is 5.62. The Morgan fingerprint density at radius 1 is 1.44 bits per heavy atom. The molecule has 1 atom stereocenters. The van der Waals surface area contributed by atoms with E-state index in [2.05, 4.69) is 17.2 Å². The molecule has 0 radical (unpaired) electrons. The number of carbonyl (C=O) groups is 1. The fraction of sp³-hybridized carbons (Fsp3) is 0.500. The van der Waals surface area contributed by atoms with Crippen molar-refractivity contribution < 1.29 is 4.79 Å². The number of hydrogen-bond acceptors (Lipinski definition) is 2. The van der Waals surface area contributed by atoms with Gasteiger partial charge in [-0.05, 0) is 31.0 Å². The van der Waals surface area contributed by atoms with Crippen molar-refractivity contribution in [3.8, 4) is 0 Å². The monoisotopic (exact) mass is 221 g/mol. The van der Waals surface area contributed by atoms with Crippen LogP contribution in [0, 0.1) is 0 Å². The lowest BCUT2D eigenvalue weighted by Crippen LogP contribution is -2.40. The van der Waals surface area contributed by atoms with Crippen molar-refractivity contribution in [2.75, 3.05) is 13.6 Å². The molecule has 4 heteroatoms. The Morgan fingerprint density at radius 2 is 2.06 bits per heavy atom. The highest BCUT2D eigenvalue weighted by molar-refractivity contribution is 5.74. The third-order valence-corrected chi connectivity index (χ3v) is 2.67. The Labute approximate surface area is 96.7 Å². The Balaban J connectivity index is 2.92. The van der Waals surface area contributed by atoms with E-state index in [9.17, 15) is 4.79 Å². The molecule has 16 heavy (non-hydrogen) atoms. The first-order valence-corrected chi connectivity index (χ1v) is 5.62. The van der Waals surface area contributed by atoms with Crippen molar-refractivity contribution in [2.24, 2.45) is 0 Å². The molecule has 0 aromatic carbocycles. The van der Waals surface area contributed by atoms with E-state index in [1.54, 1.807) is 19.4 Å². The number of pyridine rings is 1. The summed E-state index contributed by atoms with van der Waals surface area (Å²) in [5.74, 6) is 0. The number of nitrogens with one attached hydrogen (secondary N) is 1.